The molecule has 0 heterocycles. The summed E-state index contributed by atoms with van der Waals surface area (Å²) in [4.78, 5) is 0. The molecular weight excluding hydrogens is 155 g/mol. The Balaban J connectivity index is 2.07. The molecule has 0 amide bonds. The van der Waals surface area contributed by atoms with Crippen LogP contribution in [0.4, 0.5) is 0 Å². The van der Waals surface area contributed by atoms with Crippen LogP contribution in [0.5, 0.6) is 0 Å². The van der Waals surface area contributed by atoms with Gasteiger partial charge in [0.2, 0.25) is 0 Å². The Hall–Kier alpha value is -0.715. The summed E-state index contributed by atoms with van der Waals surface area (Å²) in [6.07, 6.45) is 6.75. The normalized spacial score (nSPS) is 9.92. The van der Waals surface area contributed by atoms with Gasteiger partial charge in [0.15, 0.2) is 0 Å². The van der Waals surface area contributed by atoms with Gasteiger partial charge in [-0.25, -0.2) is 0 Å². The van der Waals surface area contributed by atoms with Crippen LogP contribution in [0.1, 0.15) is 25.3 Å². The van der Waals surface area contributed by atoms with Crippen molar-refractivity contribution >= 4 is 7.28 Å². The van der Waals surface area contributed by atoms with Crippen molar-refractivity contribution in [3.63, 3.8) is 0 Å². The lowest BCUT2D eigenvalue weighted by Crippen LogP contribution is -1.92. The molecule has 0 spiro atoms. The van der Waals surface area contributed by atoms with Gasteiger partial charge in [0, 0.05) is 0 Å². The summed E-state index contributed by atoms with van der Waals surface area (Å²) in [5.74, 6) is 0. The lowest BCUT2D eigenvalue weighted by atomic mass is 9.68. The first-order valence-corrected chi connectivity index (χ1v) is 5.47. The van der Waals surface area contributed by atoms with E-state index in [4.69, 9.17) is 0 Å². The van der Waals surface area contributed by atoms with Crippen molar-refractivity contribution in [3.05, 3.63) is 35.9 Å². The summed E-state index contributed by atoms with van der Waals surface area (Å²) in [7, 11) is 1.39. The van der Waals surface area contributed by atoms with Crippen LogP contribution in [0.3, 0.4) is 0 Å². The predicted octanol–water partition coefficient (Wildman–Crippen LogP) is 3.30. The Bertz CT molecular complexity index is 206. The maximum absolute atomic E-state index is 2.26. The smallest absolute Gasteiger partial charge is 0.0774 e. The highest BCUT2D eigenvalue weighted by atomic mass is 13.9. The van der Waals surface area contributed by atoms with Gasteiger partial charge >= 0.3 is 0 Å². The van der Waals surface area contributed by atoms with Crippen LogP contribution < -0.4 is 0 Å². The van der Waals surface area contributed by atoms with Gasteiger partial charge in [-0.3, -0.25) is 0 Å². The van der Waals surface area contributed by atoms with E-state index in [0.717, 1.165) is 0 Å². The van der Waals surface area contributed by atoms with Gasteiger partial charge in [0.05, 0.1) is 0 Å². The molecule has 0 aromatic heterocycles. The summed E-state index contributed by atoms with van der Waals surface area (Å²) in [6, 6.07) is 10.8. The molecule has 0 saturated carbocycles. The van der Waals surface area contributed by atoms with Crippen molar-refractivity contribution in [2.45, 2.75) is 38.8 Å². The highest BCUT2D eigenvalue weighted by Crippen LogP contribution is 2.04. The number of hydrogen-bond acceptors (Lipinski definition) is 0. The van der Waals surface area contributed by atoms with Gasteiger partial charge in [-0.1, -0.05) is 62.7 Å². The fraction of sp³-hybridized carbons (Fsp3) is 0.500. The second kappa shape index (κ2) is 6.76. The topological polar surface area (TPSA) is 0 Å². The average molecular weight is 174 g/mol. The van der Waals surface area contributed by atoms with Gasteiger partial charge < -0.3 is 0 Å². The van der Waals surface area contributed by atoms with E-state index in [1.807, 2.05) is 0 Å². The molecule has 1 rings (SSSR count). The molecule has 0 bridgehead atoms. The Kier molecular flexibility index (Phi) is 5.39. The van der Waals surface area contributed by atoms with Crippen LogP contribution >= 0.6 is 0 Å². The highest BCUT2D eigenvalue weighted by molar-refractivity contribution is 6.35. The van der Waals surface area contributed by atoms with Gasteiger partial charge in [0.1, 0.15) is 7.28 Å². The number of benzene rings is 1. The minimum absolute atomic E-state index is 1.25. The maximum atomic E-state index is 2.26. The summed E-state index contributed by atoms with van der Waals surface area (Å²) in [5, 5.41) is 0. The molecule has 0 fully saturated rings. The third-order valence-electron chi connectivity index (χ3n) is 2.41. The van der Waals surface area contributed by atoms with E-state index in [0.29, 0.717) is 0 Å². The summed E-state index contributed by atoms with van der Waals surface area (Å²) in [5.41, 5.74) is 1.49. The quantitative estimate of drug-likeness (QED) is 0.458. The molecule has 0 aliphatic heterocycles. The van der Waals surface area contributed by atoms with Crippen molar-refractivity contribution in [2.24, 2.45) is 0 Å². The van der Waals surface area contributed by atoms with Crippen LogP contribution in [0.15, 0.2) is 30.3 Å². The standard InChI is InChI=1S/C12H19B/c1-2-3-10-13-11-9-12-7-5-4-6-8-12/h4-8,13H,2-3,9-11H2,1H3. The van der Waals surface area contributed by atoms with E-state index < -0.39 is 0 Å². The molecule has 0 radical (unpaired) electrons. The zero-order valence-electron chi connectivity index (χ0n) is 8.63. The molecule has 0 atom stereocenters. The maximum Gasteiger partial charge on any atom is 0.120 e. The zero-order valence-corrected chi connectivity index (χ0v) is 8.63. The Morgan fingerprint density at radius 2 is 1.85 bits per heavy atom. The molecule has 1 aromatic rings. The molecule has 0 N–H and O–H groups in total. The minimum Gasteiger partial charge on any atom is -0.0774 e. The molecule has 0 aliphatic carbocycles. The van der Waals surface area contributed by atoms with Crippen LogP contribution in [-0.4, -0.2) is 7.28 Å². The number of hydrogen-bond donors (Lipinski definition) is 0. The first kappa shape index (κ1) is 10.4. The third kappa shape index (κ3) is 4.77. The van der Waals surface area contributed by atoms with Crippen LogP contribution in [-0.2, 0) is 6.42 Å². The van der Waals surface area contributed by atoms with Gasteiger partial charge in [0.25, 0.3) is 0 Å². The molecule has 0 aliphatic rings. The molecular formula is C12H19B. The van der Waals surface area contributed by atoms with E-state index in [9.17, 15) is 0 Å². The lowest BCUT2D eigenvalue weighted by molar-refractivity contribution is 0.875. The lowest BCUT2D eigenvalue weighted by Gasteiger charge is -1.99. The molecule has 0 unspecified atom stereocenters. The van der Waals surface area contributed by atoms with Gasteiger partial charge in [-0.2, -0.15) is 0 Å². The van der Waals surface area contributed by atoms with Crippen LogP contribution in [0, 0.1) is 0 Å². The largest absolute Gasteiger partial charge is 0.120 e. The van der Waals surface area contributed by atoms with Crippen molar-refractivity contribution in [2.75, 3.05) is 0 Å². The Morgan fingerprint density at radius 1 is 1.08 bits per heavy atom. The molecule has 0 saturated heterocycles. The summed E-state index contributed by atoms with van der Waals surface area (Å²) < 4.78 is 0. The minimum atomic E-state index is 1.25. The zero-order chi connectivity index (χ0) is 9.36. The fourth-order valence-corrected chi connectivity index (χ4v) is 1.58. The van der Waals surface area contributed by atoms with E-state index in [2.05, 4.69) is 37.3 Å². The average Bonchev–Trinajstić information content (AvgIpc) is 2.19. The van der Waals surface area contributed by atoms with Crippen LogP contribution in [0.2, 0.25) is 12.6 Å². The van der Waals surface area contributed by atoms with Gasteiger partial charge in [-0.15, -0.1) is 0 Å². The van der Waals surface area contributed by atoms with E-state index in [-0.39, 0.29) is 0 Å². The number of aryl methyl sites for hydroxylation is 1. The molecule has 1 heteroatoms. The summed E-state index contributed by atoms with van der Waals surface area (Å²) in [6.45, 7) is 2.26. The van der Waals surface area contributed by atoms with Gasteiger partial charge in [-0.05, 0) is 12.0 Å². The van der Waals surface area contributed by atoms with Crippen molar-refractivity contribution in [3.8, 4) is 0 Å². The van der Waals surface area contributed by atoms with E-state index in [1.54, 1.807) is 0 Å². The molecule has 1 aromatic carbocycles. The molecule has 0 nitrogen and oxygen atoms in total. The number of rotatable bonds is 6. The fourth-order valence-electron chi connectivity index (χ4n) is 1.58. The van der Waals surface area contributed by atoms with E-state index >= 15 is 0 Å². The molecule has 13 heavy (non-hydrogen) atoms. The second-order valence-corrected chi connectivity index (χ2v) is 3.65. The Morgan fingerprint density at radius 3 is 2.54 bits per heavy atom. The Labute approximate surface area is 82.6 Å². The number of unbranched alkanes of at least 4 members (excludes halogenated alkanes) is 1. The van der Waals surface area contributed by atoms with E-state index in [1.165, 1.54) is 44.7 Å². The highest BCUT2D eigenvalue weighted by Gasteiger charge is 1.93. The SMILES string of the molecule is CCCCBCCc1ccccc1. The van der Waals surface area contributed by atoms with Crippen molar-refractivity contribution < 1.29 is 0 Å². The third-order valence-corrected chi connectivity index (χ3v) is 2.41. The van der Waals surface area contributed by atoms with Crippen molar-refractivity contribution in [1.82, 2.24) is 0 Å². The monoisotopic (exact) mass is 174 g/mol. The van der Waals surface area contributed by atoms with Crippen molar-refractivity contribution in [1.29, 1.82) is 0 Å². The first-order valence-electron chi connectivity index (χ1n) is 5.47. The molecule has 70 valence electrons. The van der Waals surface area contributed by atoms with Crippen LogP contribution in [0.25, 0.3) is 0 Å². The first-order chi connectivity index (χ1) is 6.43. The predicted molar refractivity (Wildman–Crippen MR) is 61.8 cm³/mol. The second-order valence-electron chi connectivity index (χ2n) is 3.65. The summed E-state index contributed by atoms with van der Waals surface area (Å²) >= 11 is 0.